The first-order chi connectivity index (χ1) is 14.2. The second-order valence-electron chi connectivity index (χ2n) is 6.89. The summed E-state index contributed by atoms with van der Waals surface area (Å²) >= 11 is 6.14. The molecule has 0 spiro atoms. The smallest absolute Gasteiger partial charge is 0.335 e. The third kappa shape index (κ3) is 4.02. The van der Waals surface area contributed by atoms with Crippen LogP contribution in [-0.4, -0.2) is 31.1 Å². The molecule has 156 valence electrons. The number of nitrogens with one attached hydrogen (secondary N) is 1. The minimum Gasteiger partial charge on any atom is -0.493 e. The Balaban J connectivity index is 2.11. The fourth-order valence-electron chi connectivity index (χ4n) is 3.04. The molecule has 0 aliphatic carbocycles. The highest BCUT2D eigenvalue weighted by Crippen LogP contribution is 2.35. The molecule has 1 saturated heterocycles. The average Bonchev–Trinajstić information content (AvgIpc) is 2.68. The van der Waals surface area contributed by atoms with Crippen LogP contribution in [0.3, 0.4) is 0 Å². The summed E-state index contributed by atoms with van der Waals surface area (Å²) in [6.07, 6.45) is 1.22. The van der Waals surface area contributed by atoms with E-state index >= 15 is 0 Å². The largest absolute Gasteiger partial charge is 0.493 e. The van der Waals surface area contributed by atoms with Crippen molar-refractivity contribution in [3.63, 3.8) is 0 Å². The summed E-state index contributed by atoms with van der Waals surface area (Å²) in [6.45, 7) is 5.39. The lowest BCUT2D eigenvalue weighted by Gasteiger charge is -2.28. The Labute approximate surface area is 179 Å². The Bertz CT molecular complexity index is 1060. The van der Waals surface area contributed by atoms with E-state index in [9.17, 15) is 14.4 Å². The molecule has 4 amide bonds. The number of anilines is 1. The fourth-order valence-corrected chi connectivity index (χ4v) is 3.21. The number of hydrogen-bond acceptors (Lipinski definition) is 5. The summed E-state index contributed by atoms with van der Waals surface area (Å²) in [7, 11) is 1.50. The normalized spacial score (nSPS) is 15.6. The van der Waals surface area contributed by atoms with Gasteiger partial charge in [-0.3, -0.25) is 14.9 Å². The van der Waals surface area contributed by atoms with Crippen molar-refractivity contribution < 1.29 is 23.9 Å². The number of benzene rings is 2. The Morgan fingerprint density at radius 2 is 1.80 bits per heavy atom. The van der Waals surface area contributed by atoms with Crippen LogP contribution in [0.5, 0.6) is 11.5 Å². The van der Waals surface area contributed by atoms with Crippen molar-refractivity contribution in [2.75, 3.05) is 12.0 Å². The number of para-hydroxylation sites is 1. The summed E-state index contributed by atoms with van der Waals surface area (Å²) in [6, 6.07) is 9.16. The Morgan fingerprint density at radius 3 is 2.47 bits per heavy atom. The molecule has 1 heterocycles. The van der Waals surface area contributed by atoms with Crippen LogP contribution in [0.15, 0.2) is 42.0 Å². The third-order valence-electron chi connectivity index (χ3n) is 4.46. The summed E-state index contributed by atoms with van der Waals surface area (Å²) in [5.41, 5.74) is 1.10. The van der Waals surface area contributed by atoms with Crippen molar-refractivity contribution >= 4 is 41.2 Å². The maximum absolute atomic E-state index is 13.2. The number of carbonyl (C=O) groups excluding carboxylic acids is 3. The number of ether oxygens (including phenoxy) is 2. The highest BCUT2D eigenvalue weighted by atomic mass is 35.5. The third-order valence-corrected chi connectivity index (χ3v) is 4.87. The summed E-state index contributed by atoms with van der Waals surface area (Å²) in [5.74, 6) is -0.697. The van der Waals surface area contributed by atoms with Crippen LogP contribution in [0.4, 0.5) is 10.5 Å². The number of imide groups is 2. The highest BCUT2D eigenvalue weighted by Gasteiger charge is 2.37. The van der Waals surface area contributed by atoms with Gasteiger partial charge in [-0.1, -0.05) is 29.8 Å². The van der Waals surface area contributed by atoms with Crippen molar-refractivity contribution in [2.45, 2.75) is 26.9 Å². The van der Waals surface area contributed by atoms with E-state index in [1.54, 1.807) is 43.3 Å². The van der Waals surface area contributed by atoms with E-state index < -0.39 is 17.8 Å². The van der Waals surface area contributed by atoms with E-state index in [2.05, 4.69) is 5.32 Å². The molecule has 30 heavy (non-hydrogen) atoms. The number of urea groups is 1. The van der Waals surface area contributed by atoms with Crippen molar-refractivity contribution in [1.29, 1.82) is 0 Å². The van der Waals surface area contributed by atoms with E-state index in [-0.39, 0.29) is 11.7 Å². The molecule has 0 aromatic heterocycles. The first-order valence-corrected chi connectivity index (χ1v) is 9.62. The molecule has 7 nitrogen and oxygen atoms in total. The first-order valence-electron chi connectivity index (χ1n) is 9.24. The molecule has 0 radical (unpaired) electrons. The number of amides is 4. The van der Waals surface area contributed by atoms with Crippen molar-refractivity contribution in [3.05, 3.63) is 58.1 Å². The molecule has 0 saturated carbocycles. The van der Waals surface area contributed by atoms with E-state index in [0.29, 0.717) is 33.3 Å². The molecule has 0 atom stereocenters. The predicted octanol–water partition coefficient (Wildman–Crippen LogP) is 4.11. The van der Waals surface area contributed by atoms with Gasteiger partial charge in [0.25, 0.3) is 11.8 Å². The molecule has 2 aromatic rings. The van der Waals surface area contributed by atoms with Gasteiger partial charge in [-0.2, -0.15) is 0 Å². The predicted molar refractivity (Wildman–Crippen MR) is 114 cm³/mol. The number of methoxy groups -OCH3 is 1. The lowest BCUT2D eigenvalue weighted by atomic mass is 10.0. The van der Waals surface area contributed by atoms with Crippen molar-refractivity contribution in [2.24, 2.45) is 0 Å². The van der Waals surface area contributed by atoms with E-state index in [0.717, 1.165) is 4.90 Å². The molecule has 0 unspecified atom stereocenters. The quantitative estimate of drug-likeness (QED) is 0.572. The molecular formula is C22H21ClN2O5. The SMILES string of the molecule is COc1cccc(/C=C2\C(=O)NC(=O)N(c3cccc(Cl)c3C)C2=O)c1OC(C)C. The zero-order valence-corrected chi connectivity index (χ0v) is 17.7. The lowest BCUT2D eigenvalue weighted by molar-refractivity contribution is -0.122. The number of rotatable bonds is 5. The van der Waals surface area contributed by atoms with E-state index in [4.69, 9.17) is 21.1 Å². The molecule has 2 aromatic carbocycles. The second-order valence-corrected chi connectivity index (χ2v) is 7.29. The molecule has 3 rings (SSSR count). The Kier molecular flexibility index (Phi) is 6.12. The number of barbiturate groups is 1. The molecular weight excluding hydrogens is 408 g/mol. The average molecular weight is 429 g/mol. The van der Waals surface area contributed by atoms with Crippen molar-refractivity contribution in [3.8, 4) is 11.5 Å². The maximum Gasteiger partial charge on any atom is 0.335 e. The van der Waals surface area contributed by atoms with Gasteiger partial charge in [0.2, 0.25) is 0 Å². The van der Waals surface area contributed by atoms with Gasteiger partial charge in [-0.15, -0.1) is 0 Å². The van der Waals surface area contributed by atoms with Crippen molar-refractivity contribution in [1.82, 2.24) is 5.32 Å². The van der Waals surface area contributed by atoms with Gasteiger partial charge >= 0.3 is 6.03 Å². The van der Waals surface area contributed by atoms with Gasteiger partial charge in [-0.05, 0) is 50.6 Å². The molecule has 1 aliphatic heterocycles. The molecule has 1 N–H and O–H groups in total. The Hall–Kier alpha value is -3.32. The molecule has 8 heteroatoms. The van der Waals surface area contributed by atoms with Gasteiger partial charge < -0.3 is 9.47 Å². The number of hydrogen-bond donors (Lipinski definition) is 1. The van der Waals surface area contributed by atoms with Gasteiger partial charge in [0.15, 0.2) is 11.5 Å². The standard InChI is InChI=1S/C22H21ClN2O5/c1-12(2)30-19-14(7-5-10-18(19)29-4)11-15-20(26)24-22(28)25(21(15)27)17-9-6-8-16(23)13(17)3/h5-12H,1-4H3,(H,24,26,28)/b15-11+. The molecule has 1 aliphatic rings. The van der Waals surface area contributed by atoms with E-state index in [1.807, 2.05) is 13.8 Å². The van der Waals surface area contributed by atoms with Crippen LogP contribution in [0, 0.1) is 6.92 Å². The fraction of sp³-hybridized carbons (Fsp3) is 0.227. The van der Waals surface area contributed by atoms with Crippen LogP contribution in [0.2, 0.25) is 5.02 Å². The lowest BCUT2D eigenvalue weighted by Crippen LogP contribution is -2.54. The number of nitrogens with zero attached hydrogens (tertiary/aromatic N) is 1. The second kappa shape index (κ2) is 8.59. The van der Waals surface area contributed by atoms with Gasteiger partial charge in [0.1, 0.15) is 5.57 Å². The number of carbonyl (C=O) groups is 3. The molecule has 0 bridgehead atoms. The minimum atomic E-state index is -0.836. The highest BCUT2D eigenvalue weighted by molar-refractivity contribution is 6.40. The minimum absolute atomic E-state index is 0.165. The van der Waals surface area contributed by atoms with Crippen LogP contribution in [0.1, 0.15) is 25.0 Å². The van der Waals surface area contributed by atoms with Gasteiger partial charge in [0, 0.05) is 10.6 Å². The summed E-state index contributed by atoms with van der Waals surface area (Å²) < 4.78 is 11.2. The zero-order chi connectivity index (χ0) is 22.0. The van der Waals surface area contributed by atoms with Gasteiger partial charge in [0.05, 0.1) is 18.9 Å². The zero-order valence-electron chi connectivity index (χ0n) is 17.0. The van der Waals surface area contributed by atoms with Crippen LogP contribution in [0.25, 0.3) is 6.08 Å². The molecule has 1 fully saturated rings. The monoisotopic (exact) mass is 428 g/mol. The van der Waals surface area contributed by atoms with Crippen LogP contribution < -0.4 is 19.7 Å². The summed E-state index contributed by atoms with van der Waals surface area (Å²) in [5, 5.41) is 2.61. The number of halogens is 1. The van der Waals surface area contributed by atoms with Gasteiger partial charge in [-0.25, -0.2) is 9.69 Å². The van der Waals surface area contributed by atoms with Crippen LogP contribution >= 0.6 is 11.6 Å². The summed E-state index contributed by atoms with van der Waals surface area (Å²) in [4.78, 5) is 39.0. The van der Waals surface area contributed by atoms with E-state index in [1.165, 1.54) is 13.2 Å². The topological polar surface area (TPSA) is 84.9 Å². The maximum atomic E-state index is 13.2. The first kappa shape index (κ1) is 21.4. The van der Waals surface area contributed by atoms with Crippen LogP contribution in [-0.2, 0) is 9.59 Å². The Morgan fingerprint density at radius 1 is 1.10 bits per heavy atom.